The van der Waals surface area contributed by atoms with Crippen molar-refractivity contribution in [1.82, 2.24) is 10.2 Å². The van der Waals surface area contributed by atoms with Crippen molar-refractivity contribution in [3.63, 3.8) is 0 Å². The number of rotatable bonds is 6. The number of hydrogen-bond donors (Lipinski definition) is 1. The Morgan fingerprint density at radius 3 is 2.68 bits per heavy atom. The van der Waals surface area contributed by atoms with Gasteiger partial charge in [-0.1, -0.05) is 25.2 Å². The van der Waals surface area contributed by atoms with Crippen LogP contribution in [0.1, 0.15) is 42.1 Å². The van der Waals surface area contributed by atoms with Crippen LogP contribution in [-0.2, 0) is 0 Å². The van der Waals surface area contributed by atoms with Gasteiger partial charge in [0.05, 0.1) is 13.7 Å². The molecule has 0 aliphatic rings. The Bertz CT molecular complexity index is 655. The fourth-order valence-electron chi connectivity index (χ4n) is 1.77. The van der Waals surface area contributed by atoms with Crippen molar-refractivity contribution >= 4 is 22.4 Å². The zero-order valence-electron chi connectivity index (χ0n) is 13.0. The van der Waals surface area contributed by atoms with Crippen LogP contribution in [0.4, 0.5) is 5.13 Å². The maximum atomic E-state index is 12.3. The summed E-state index contributed by atoms with van der Waals surface area (Å²) in [6.07, 6.45) is 0. The van der Waals surface area contributed by atoms with Crippen LogP contribution in [0.5, 0.6) is 11.5 Å². The lowest BCUT2D eigenvalue weighted by molar-refractivity contribution is 0.102. The number of hydrogen-bond acceptors (Lipinski definition) is 6. The Morgan fingerprint density at radius 2 is 2.09 bits per heavy atom. The van der Waals surface area contributed by atoms with Gasteiger partial charge in [-0.15, -0.1) is 10.2 Å². The minimum Gasteiger partial charge on any atom is -0.493 e. The molecule has 0 atom stereocenters. The van der Waals surface area contributed by atoms with Gasteiger partial charge in [0.25, 0.3) is 5.91 Å². The van der Waals surface area contributed by atoms with Crippen LogP contribution in [0.3, 0.4) is 0 Å². The Kier molecular flexibility index (Phi) is 5.32. The van der Waals surface area contributed by atoms with E-state index in [0.29, 0.717) is 28.8 Å². The molecule has 118 valence electrons. The lowest BCUT2D eigenvalue weighted by Crippen LogP contribution is -2.12. The largest absolute Gasteiger partial charge is 0.493 e. The molecular formula is C15H19N3O3S. The van der Waals surface area contributed by atoms with E-state index in [-0.39, 0.29) is 11.8 Å². The molecule has 2 rings (SSSR count). The summed E-state index contributed by atoms with van der Waals surface area (Å²) in [6, 6.07) is 5.04. The number of amides is 1. The number of benzene rings is 1. The van der Waals surface area contributed by atoms with Gasteiger partial charge in [0.1, 0.15) is 5.01 Å². The van der Waals surface area contributed by atoms with E-state index in [1.807, 2.05) is 20.8 Å². The molecule has 0 bridgehead atoms. The number of carbonyl (C=O) groups is 1. The molecule has 0 radical (unpaired) electrons. The molecular weight excluding hydrogens is 302 g/mol. The molecule has 0 saturated carbocycles. The molecule has 1 aromatic carbocycles. The third-order valence-electron chi connectivity index (χ3n) is 2.88. The van der Waals surface area contributed by atoms with Crippen LogP contribution >= 0.6 is 11.3 Å². The summed E-state index contributed by atoms with van der Waals surface area (Å²) in [4.78, 5) is 12.3. The van der Waals surface area contributed by atoms with Crippen LogP contribution in [0.15, 0.2) is 18.2 Å². The molecule has 0 saturated heterocycles. The molecule has 0 unspecified atom stereocenters. The summed E-state index contributed by atoms with van der Waals surface area (Å²) < 4.78 is 10.7. The minimum atomic E-state index is -0.255. The van der Waals surface area contributed by atoms with Gasteiger partial charge in [-0.3, -0.25) is 10.1 Å². The molecule has 1 aromatic heterocycles. The normalized spacial score (nSPS) is 10.6. The zero-order valence-corrected chi connectivity index (χ0v) is 13.9. The second kappa shape index (κ2) is 7.22. The van der Waals surface area contributed by atoms with Crippen molar-refractivity contribution in [3.05, 3.63) is 28.8 Å². The van der Waals surface area contributed by atoms with Crippen LogP contribution in [0, 0.1) is 0 Å². The summed E-state index contributed by atoms with van der Waals surface area (Å²) in [7, 11) is 1.56. The number of aromatic nitrogens is 2. The average molecular weight is 321 g/mol. The standard InChI is InChI=1S/C15H19N3O3S/c1-5-21-12-8-10(6-7-11(12)20-4)13(19)16-15-18-17-14(22-15)9(2)3/h6-9H,5H2,1-4H3,(H,16,18,19). The lowest BCUT2D eigenvalue weighted by atomic mass is 10.2. The molecule has 6 nitrogen and oxygen atoms in total. The molecule has 7 heteroatoms. The van der Waals surface area contributed by atoms with Gasteiger partial charge in [0.15, 0.2) is 11.5 Å². The highest BCUT2D eigenvalue weighted by molar-refractivity contribution is 7.15. The monoisotopic (exact) mass is 321 g/mol. The number of anilines is 1. The Labute approximate surface area is 133 Å². The van der Waals surface area contributed by atoms with Gasteiger partial charge in [-0.25, -0.2) is 0 Å². The summed E-state index contributed by atoms with van der Waals surface area (Å²) in [5, 5.41) is 12.1. The van der Waals surface area contributed by atoms with Crippen molar-refractivity contribution in [3.8, 4) is 11.5 Å². The van der Waals surface area contributed by atoms with Crippen molar-refractivity contribution in [2.45, 2.75) is 26.7 Å². The molecule has 0 aliphatic heterocycles. The Balaban J connectivity index is 2.16. The minimum absolute atomic E-state index is 0.255. The van der Waals surface area contributed by atoms with Gasteiger partial charge in [-0.2, -0.15) is 0 Å². The lowest BCUT2D eigenvalue weighted by Gasteiger charge is -2.10. The van der Waals surface area contributed by atoms with E-state index in [9.17, 15) is 4.79 Å². The van der Waals surface area contributed by atoms with E-state index in [1.165, 1.54) is 11.3 Å². The average Bonchev–Trinajstić information content (AvgIpc) is 2.96. The quantitative estimate of drug-likeness (QED) is 0.883. The topological polar surface area (TPSA) is 73.3 Å². The van der Waals surface area contributed by atoms with Crippen molar-refractivity contribution in [2.24, 2.45) is 0 Å². The van der Waals surface area contributed by atoms with E-state index in [2.05, 4.69) is 15.5 Å². The van der Waals surface area contributed by atoms with Crippen LogP contribution in [0.2, 0.25) is 0 Å². The number of methoxy groups -OCH3 is 1. The van der Waals surface area contributed by atoms with Crippen molar-refractivity contribution in [1.29, 1.82) is 0 Å². The van der Waals surface area contributed by atoms with Crippen LogP contribution in [-0.4, -0.2) is 29.8 Å². The molecule has 1 heterocycles. The number of nitrogens with one attached hydrogen (secondary N) is 1. The highest BCUT2D eigenvalue weighted by Gasteiger charge is 2.14. The maximum Gasteiger partial charge on any atom is 0.257 e. The SMILES string of the molecule is CCOc1cc(C(=O)Nc2nnc(C(C)C)s2)ccc1OC. The van der Waals surface area contributed by atoms with Gasteiger partial charge in [0, 0.05) is 11.5 Å². The second-order valence-corrected chi connectivity index (χ2v) is 5.86. The highest BCUT2D eigenvalue weighted by Crippen LogP contribution is 2.29. The van der Waals surface area contributed by atoms with E-state index in [1.54, 1.807) is 25.3 Å². The molecule has 0 spiro atoms. The second-order valence-electron chi connectivity index (χ2n) is 4.85. The van der Waals surface area contributed by atoms with Crippen LogP contribution in [0.25, 0.3) is 0 Å². The summed E-state index contributed by atoms with van der Waals surface area (Å²) in [5.74, 6) is 1.16. The number of carbonyl (C=O) groups excluding carboxylic acids is 1. The van der Waals surface area contributed by atoms with Crippen molar-refractivity contribution < 1.29 is 14.3 Å². The third kappa shape index (κ3) is 3.73. The van der Waals surface area contributed by atoms with E-state index < -0.39 is 0 Å². The van der Waals surface area contributed by atoms with Crippen molar-refractivity contribution in [2.75, 3.05) is 19.0 Å². The predicted molar refractivity (Wildman–Crippen MR) is 86.1 cm³/mol. The smallest absolute Gasteiger partial charge is 0.257 e. The first-order chi connectivity index (χ1) is 10.5. The first kappa shape index (κ1) is 16.2. The zero-order chi connectivity index (χ0) is 16.1. The van der Waals surface area contributed by atoms with Gasteiger partial charge < -0.3 is 9.47 Å². The Morgan fingerprint density at radius 1 is 1.32 bits per heavy atom. The van der Waals surface area contributed by atoms with Gasteiger partial charge >= 0.3 is 0 Å². The fraction of sp³-hybridized carbons (Fsp3) is 0.400. The molecule has 0 fully saturated rings. The molecule has 1 N–H and O–H groups in total. The fourth-order valence-corrected chi connectivity index (χ4v) is 2.51. The van der Waals surface area contributed by atoms with Gasteiger partial charge in [-0.05, 0) is 25.1 Å². The first-order valence-electron chi connectivity index (χ1n) is 7.00. The maximum absolute atomic E-state index is 12.3. The third-order valence-corrected chi connectivity index (χ3v) is 4.02. The summed E-state index contributed by atoms with van der Waals surface area (Å²) in [6.45, 7) is 6.43. The van der Waals surface area contributed by atoms with E-state index in [0.717, 1.165) is 5.01 Å². The highest BCUT2D eigenvalue weighted by atomic mass is 32.1. The molecule has 2 aromatic rings. The Hall–Kier alpha value is -2.15. The molecule has 22 heavy (non-hydrogen) atoms. The summed E-state index contributed by atoms with van der Waals surface area (Å²) in [5.41, 5.74) is 0.477. The molecule has 1 amide bonds. The number of ether oxygens (including phenoxy) is 2. The number of nitrogens with zero attached hydrogens (tertiary/aromatic N) is 2. The van der Waals surface area contributed by atoms with E-state index in [4.69, 9.17) is 9.47 Å². The van der Waals surface area contributed by atoms with Gasteiger partial charge in [0.2, 0.25) is 5.13 Å². The first-order valence-corrected chi connectivity index (χ1v) is 7.82. The van der Waals surface area contributed by atoms with Crippen LogP contribution < -0.4 is 14.8 Å². The molecule has 0 aliphatic carbocycles. The predicted octanol–water partition coefficient (Wildman–Crippen LogP) is 3.32. The van der Waals surface area contributed by atoms with E-state index >= 15 is 0 Å². The summed E-state index contributed by atoms with van der Waals surface area (Å²) >= 11 is 1.38.